The first-order chi connectivity index (χ1) is 34.4. The number of halogens is 20. The van der Waals surface area contributed by atoms with E-state index in [1.165, 1.54) is 0 Å². The number of nitrogens with zero attached hydrogens (tertiary/aromatic N) is 2. The number of nitro groups is 1. The average molecular weight is 1050 g/mol. The van der Waals surface area contributed by atoms with Gasteiger partial charge in [0, 0.05) is 27.6 Å². The highest BCUT2D eigenvalue weighted by molar-refractivity contribution is 7.20. The Balaban J connectivity index is 0.000000216. The van der Waals surface area contributed by atoms with Crippen molar-refractivity contribution in [2.24, 2.45) is 0 Å². The minimum absolute atomic E-state index is 0.0989. The average Bonchev–Trinajstić information content (AvgIpc) is 3.38. The standard InChI is InChI=1S/C24BF20.C23H15N2O3/c26-5-1(6(27)14(35)21(42)13(5)34)25(2-7(28)15(36)22(43)16(37)8(2)29,3-9(30)17(38)23(44)18(39)10(3)31)4-11(32)19(40)24(45)20(41)12(4)33;26-25(27)22-18-10-4-2-8-16(18)15-21-20(22)14-17-9-3-5-11-19(17)23(21)28-24-12-6-1-7-13-24/h;1-15H/q-1;+1. The van der Waals surface area contributed by atoms with Gasteiger partial charge >= 0.3 is 0 Å². The Morgan fingerprint density at radius 1 is 0.356 bits per heavy atom. The number of aromatic nitrogens is 1. The first-order valence-corrected chi connectivity index (χ1v) is 19.8. The van der Waals surface area contributed by atoms with Crippen molar-refractivity contribution in [2.75, 3.05) is 0 Å². The number of hydrogen-bond donors (Lipinski definition) is 0. The molecule has 0 radical (unpaired) electrons. The summed E-state index contributed by atoms with van der Waals surface area (Å²) in [6.45, 7) is 0. The monoisotopic (exact) mass is 1050 g/mol. The van der Waals surface area contributed by atoms with Crippen molar-refractivity contribution in [1.82, 2.24) is 0 Å². The van der Waals surface area contributed by atoms with Gasteiger partial charge in [-0.2, -0.15) is 0 Å². The lowest BCUT2D eigenvalue weighted by atomic mass is 9.12. The number of nitro benzene ring substituents is 1. The van der Waals surface area contributed by atoms with Gasteiger partial charge in [0.2, 0.25) is 18.1 Å². The molecular formula is C47H15BF20N2O3. The summed E-state index contributed by atoms with van der Waals surface area (Å²) < 4.78 is 296. The van der Waals surface area contributed by atoms with Crippen LogP contribution in [-0.4, -0.2) is 11.1 Å². The van der Waals surface area contributed by atoms with Crippen molar-refractivity contribution < 1.29 is 102 Å². The highest BCUT2D eigenvalue weighted by Gasteiger charge is 2.52. The molecule has 0 fully saturated rings. The van der Waals surface area contributed by atoms with Crippen LogP contribution in [-0.2, 0) is 0 Å². The molecule has 0 aliphatic heterocycles. The Labute approximate surface area is 391 Å². The third-order valence-corrected chi connectivity index (χ3v) is 11.6. The van der Waals surface area contributed by atoms with Crippen molar-refractivity contribution in [1.29, 1.82) is 0 Å². The van der Waals surface area contributed by atoms with E-state index in [9.17, 15) is 62.8 Å². The molecule has 1 heterocycles. The molecule has 0 saturated heterocycles. The molecule has 73 heavy (non-hydrogen) atoms. The zero-order valence-corrected chi connectivity index (χ0v) is 34.9. The van der Waals surface area contributed by atoms with E-state index in [1.54, 1.807) is 23.2 Å². The molecule has 26 heteroatoms. The molecule has 0 unspecified atom stereocenters. The lowest BCUT2D eigenvalue weighted by Crippen LogP contribution is -2.81. The molecule has 0 N–H and O–H groups in total. The van der Waals surface area contributed by atoms with Crippen molar-refractivity contribution >= 4 is 66.0 Å². The summed E-state index contributed by atoms with van der Waals surface area (Å²) in [4.78, 5) is 17.9. The van der Waals surface area contributed by atoms with Crippen molar-refractivity contribution in [3.8, 4) is 5.75 Å². The fourth-order valence-corrected chi connectivity index (χ4v) is 8.53. The van der Waals surface area contributed by atoms with Gasteiger partial charge in [-0.25, -0.2) is 92.6 Å². The molecule has 0 saturated carbocycles. The van der Waals surface area contributed by atoms with Crippen LogP contribution >= 0.6 is 0 Å². The van der Waals surface area contributed by atoms with Crippen LogP contribution in [0.3, 0.4) is 0 Å². The molecule has 0 spiro atoms. The lowest BCUT2D eigenvalue weighted by Gasteiger charge is -2.44. The molecule has 5 nitrogen and oxygen atoms in total. The van der Waals surface area contributed by atoms with Gasteiger partial charge < -0.3 is 0 Å². The Kier molecular flexibility index (Phi) is 13.0. The van der Waals surface area contributed by atoms with E-state index in [0.717, 1.165) is 16.2 Å². The number of hydrogen-bond acceptors (Lipinski definition) is 3. The number of fused-ring (bicyclic) bond motifs is 3. The predicted octanol–water partition coefficient (Wildman–Crippen LogP) is 11.0. The fourth-order valence-electron chi connectivity index (χ4n) is 8.53. The molecule has 0 atom stereocenters. The van der Waals surface area contributed by atoms with Crippen LogP contribution in [0, 0.1) is 126 Å². The van der Waals surface area contributed by atoms with Gasteiger partial charge in [0.05, 0.1) is 15.7 Å². The molecular weight excluding hydrogens is 1030 g/mol. The van der Waals surface area contributed by atoms with Crippen LogP contribution in [0.15, 0.2) is 91.3 Å². The first kappa shape index (κ1) is 50.9. The largest absolute Gasteiger partial charge is 0.285 e. The van der Waals surface area contributed by atoms with E-state index in [0.29, 0.717) is 21.9 Å². The third-order valence-electron chi connectivity index (χ3n) is 11.6. The van der Waals surface area contributed by atoms with Crippen LogP contribution in [0.4, 0.5) is 93.5 Å². The van der Waals surface area contributed by atoms with Crippen LogP contribution < -0.4 is 31.4 Å². The van der Waals surface area contributed by atoms with E-state index in [2.05, 4.69) is 0 Å². The smallest absolute Gasteiger partial charge is 0.258 e. The van der Waals surface area contributed by atoms with Crippen LogP contribution in [0.25, 0.3) is 32.3 Å². The molecule has 0 aliphatic carbocycles. The molecule has 1 aromatic heterocycles. The maximum absolute atomic E-state index is 15.4. The Morgan fingerprint density at radius 2 is 0.644 bits per heavy atom. The number of pyridine rings is 1. The quantitative estimate of drug-likeness (QED) is 0.0234. The van der Waals surface area contributed by atoms with Gasteiger partial charge in [0.1, 0.15) is 52.7 Å². The summed E-state index contributed by atoms with van der Waals surface area (Å²) >= 11 is 0. The van der Waals surface area contributed by atoms with Gasteiger partial charge in [-0.1, -0.05) is 48.5 Å². The molecule has 9 rings (SSSR count). The van der Waals surface area contributed by atoms with E-state index < -0.39 is 144 Å². The molecule has 374 valence electrons. The number of benzene rings is 8. The number of rotatable bonds is 7. The van der Waals surface area contributed by atoms with Gasteiger partial charge in [-0.05, 0) is 29.0 Å². The van der Waals surface area contributed by atoms with Crippen molar-refractivity contribution in [3.63, 3.8) is 0 Å². The highest BCUT2D eigenvalue weighted by Crippen LogP contribution is 2.42. The first-order valence-electron chi connectivity index (χ1n) is 19.8. The Hall–Kier alpha value is -8.45. The summed E-state index contributed by atoms with van der Waals surface area (Å²) in [6.07, 6.45) is -3.63. The summed E-state index contributed by atoms with van der Waals surface area (Å²) in [5, 5.41) is 16.5. The van der Waals surface area contributed by atoms with Gasteiger partial charge in [-0.3, -0.25) is 10.1 Å². The Bertz CT molecular complexity index is 3450. The maximum Gasteiger partial charge on any atom is 0.285 e. The highest BCUT2D eigenvalue weighted by atomic mass is 19.2. The van der Waals surface area contributed by atoms with Crippen molar-refractivity contribution in [2.45, 2.75) is 0 Å². The van der Waals surface area contributed by atoms with E-state index in [-0.39, 0.29) is 10.6 Å². The van der Waals surface area contributed by atoms with E-state index >= 15 is 35.1 Å². The van der Waals surface area contributed by atoms with Gasteiger partial charge in [0.15, 0.2) is 69.8 Å². The Morgan fingerprint density at radius 3 is 0.986 bits per heavy atom. The van der Waals surface area contributed by atoms with Gasteiger partial charge in [0.25, 0.3) is 5.69 Å². The normalized spacial score (nSPS) is 11.7. The third kappa shape index (κ3) is 7.64. The van der Waals surface area contributed by atoms with Gasteiger partial charge in [-0.15, -0.1) is 21.9 Å². The molecule has 9 aromatic rings. The van der Waals surface area contributed by atoms with Crippen LogP contribution in [0.1, 0.15) is 0 Å². The fraction of sp³-hybridized carbons (Fsp3) is 0. The zero-order chi connectivity index (χ0) is 53.4. The second-order valence-corrected chi connectivity index (χ2v) is 15.4. The summed E-state index contributed by atoms with van der Waals surface area (Å²) in [6, 6.07) is 24.6. The summed E-state index contributed by atoms with van der Waals surface area (Å²) in [5.41, 5.74) is -14.2. The molecule has 0 bridgehead atoms. The van der Waals surface area contributed by atoms with E-state index in [1.807, 2.05) is 72.8 Å². The minimum atomic E-state index is -7.22. The second-order valence-electron chi connectivity index (χ2n) is 15.4. The topological polar surface area (TPSA) is 56.3 Å². The molecule has 8 aromatic carbocycles. The predicted molar refractivity (Wildman–Crippen MR) is 217 cm³/mol. The van der Waals surface area contributed by atoms with E-state index in [4.69, 9.17) is 4.84 Å². The SMILES string of the molecule is Fc1c(F)c(F)c([B-](c2c(F)c(F)c(F)c(F)c2F)(c2c(F)c(F)c(F)c(F)c2F)c2c(F)c(F)c(F)c(F)c2F)c(F)c1F.O=[N+]([O-])c1c2ccccc2cc2c(O[n+]3ccccc3)c3ccccc3cc12. The van der Waals surface area contributed by atoms with Crippen LogP contribution in [0.5, 0.6) is 5.75 Å². The molecule has 0 aliphatic rings. The van der Waals surface area contributed by atoms with Crippen LogP contribution in [0.2, 0.25) is 0 Å². The number of non-ortho nitro benzene ring substituents is 1. The minimum Gasteiger partial charge on any atom is -0.258 e. The summed E-state index contributed by atoms with van der Waals surface area (Å²) in [5.74, 6) is -70.8. The summed E-state index contributed by atoms with van der Waals surface area (Å²) in [7, 11) is 0. The maximum atomic E-state index is 15.4. The molecule has 0 amide bonds. The second kappa shape index (κ2) is 18.6. The zero-order valence-electron chi connectivity index (χ0n) is 34.9. The lowest BCUT2D eigenvalue weighted by molar-refractivity contribution is -0.874. The van der Waals surface area contributed by atoms with Crippen molar-refractivity contribution in [3.05, 3.63) is 218 Å².